The molecule has 1 fully saturated rings. The molecular formula is C18H10F3N3OS. The maximum absolute atomic E-state index is 13.2. The third-order valence-corrected chi connectivity index (χ3v) is 3.94. The monoisotopic (exact) mass is 373 g/mol. The molecule has 8 heteroatoms. The molecule has 0 saturated carbocycles. The van der Waals surface area contributed by atoms with Crippen molar-refractivity contribution in [1.82, 2.24) is 5.32 Å². The Morgan fingerprint density at radius 3 is 2.58 bits per heavy atom. The molecule has 1 N–H and O–H groups in total. The molecule has 0 unspecified atom stereocenters. The average Bonchev–Trinajstić information content (AvgIpc) is 2.88. The van der Waals surface area contributed by atoms with Crippen molar-refractivity contribution in [3.63, 3.8) is 0 Å². The van der Waals surface area contributed by atoms with Gasteiger partial charge in [-0.3, -0.25) is 9.69 Å². The lowest BCUT2D eigenvalue weighted by Gasteiger charge is -2.19. The number of alkyl halides is 3. The molecule has 0 aromatic heterocycles. The van der Waals surface area contributed by atoms with E-state index >= 15 is 0 Å². The van der Waals surface area contributed by atoms with Crippen molar-refractivity contribution in [2.45, 2.75) is 6.18 Å². The average molecular weight is 373 g/mol. The molecule has 1 aliphatic rings. The van der Waals surface area contributed by atoms with Crippen molar-refractivity contribution in [1.29, 1.82) is 5.26 Å². The predicted octanol–water partition coefficient (Wildman–Crippen LogP) is 3.84. The van der Waals surface area contributed by atoms with Gasteiger partial charge in [-0.05, 0) is 48.1 Å². The van der Waals surface area contributed by atoms with Gasteiger partial charge in [0.1, 0.15) is 5.70 Å². The maximum Gasteiger partial charge on any atom is 0.418 e. The molecule has 1 saturated heterocycles. The summed E-state index contributed by atoms with van der Waals surface area (Å²) in [6, 6.07) is 13.2. The fraction of sp³-hybridized carbons (Fsp3) is 0.0556. The minimum absolute atomic E-state index is 0.0297. The van der Waals surface area contributed by atoms with Gasteiger partial charge < -0.3 is 5.32 Å². The first-order chi connectivity index (χ1) is 12.3. The van der Waals surface area contributed by atoms with Gasteiger partial charge in [-0.1, -0.05) is 24.3 Å². The molecule has 130 valence electrons. The highest BCUT2D eigenvalue weighted by molar-refractivity contribution is 7.80. The predicted molar refractivity (Wildman–Crippen MR) is 93.8 cm³/mol. The van der Waals surface area contributed by atoms with Gasteiger partial charge >= 0.3 is 6.18 Å². The Morgan fingerprint density at radius 2 is 1.88 bits per heavy atom. The van der Waals surface area contributed by atoms with E-state index in [9.17, 15) is 18.0 Å². The fourth-order valence-electron chi connectivity index (χ4n) is 2.53. The molecule has 0 aliphatic carbocycles. The van der Waals surface area contributed by atoms with Crippen LogP contribution >= 0.6 is 12.2 Å². The van der Waals surface area contributed by atoms with Crippen molar-refractivity contribution in [3.05, 3.63) is 70.9 Å². The smallest absolute Gasteiger partial charge is 0.327 e. The quantitative estimate of drug-likeness (QED) is 0.642. The van der Waals surface area contributed by atoms with E-state index in [4.69, 9.17) is 17.5 Å². The third-order valence-electron chi connectivity index (χ3n) is 3.66. The number of nitrogens with zero attached hydrogens (tertiary/aromatic N) is 2. The summed E-state index contributed by atoms with van der Waals surface area (Å²) in [6.07, 6.45) is -3.19. The number of benzene rings is 2. The van der Waals surface area contributed by atoms with Crippen LogP contribution < -0.4 is 10.2 Å². The summed E-state index contributed by atoms with van der Waals surface area (Å²) in [5.74, 6) is -0.700. The van der Waals surface area contributed by atoms with E-state index in [-0.39, 0.29) is 16.5 Å². The zero-order valence-corrected chi connectivity index (χ0v) is 13.9. The van der Waals surface area contributed by atoms with Crippen LogP contribution in [0.15, 0.2) is 54.2 Å². The van der Waals surface area contributed by atoms with E-state index in [2.05, 4.69) is 5.32 Å². The molecule has 0 spiro atoms. The van der Waals surface area contributed by atoms with Crippen LogP contribution in [0.1, 0.15) is 16.7 Å². The van der Waals surface area contributed by atoms with Crippen molar-refractivity contribution >= 4 is 35.0 Å². The number of carbonyl (C=O) groups is 1. The van der Waals surface area contributed by atoms with E-state index in [0.717, 1.165) is 11.0 Å². The first-order valence-electron chi connectivity index (χ1n) is 7.35. The number of carbonyl (C=O) groups excluding carboxylic acids is 1. The number of halogens is 3. The first kappa shape index (κ1) is 17.6. The molecule has 0 atom stereocenters. The van der Waals surface area contributed by atoms with E-state index in [1.807, 2.05) is 6.07 Å². The minimum Gasteiger partial charge on any atom is -0.327 e. The molecular weight excluding hydrogens is 363 g/mol. The zero-order valence-electron chi connectivity index (χ0n) is 13.0. The first-order valence-corrected chi connectivity index (χ1v) is 7.75. The van der Waals surface area contributed by atoms with E-state index in [1.165, 1.54) is 24.3 Å². The molecule has 2 aromatic carbocycles. The van der Waals surface area contributed by atoms with Crippen LogP contribution in [-0.2, 0) is 11.0 Å². The lowest BCUT2D eigenvalue weighted by Crippen LogP contribution is -2.32. The van der Waals surface area contributed by atoms with Gasteiger partial charge in [-0.15, -0.1) is 0 Å². The molecule has 0 bridgehead atoms. The molecule has 1 heterocycles. The van der Waals surface area contributed by atoms with Gasteiger partial charge in [0.2, 0.25) is 0 Å². The summed E-state index contributed by atoms with van der Waals surface area (Å²) in [4.78, 5) is 13.4. The molecule has 4 nitrogen and oxygen atoms in total. The van der Waals surface area contributed by atoms with Gasteiger partial charge in [0.05, 0.1) is 22.9 Å². The number of hydrogen-bond acceptors (Lipinski definition) is 3. The number of thiocarbonyl (C=S) groups is 1. The van der Waals surface area contributed by atoms with Gasteiger partial charge in [0, 0.05) is 0 Å². The number of nitrogens with one attached hydrogen (secondary N) is 1. The van der Waals surface area contributed by atoms with Crippen LogP contribution in [-0.4, -0.2) is 11.0 Å². The maximum atomic E-state index is 13.2. The number of amides is 1. The van der Waals surface area contributed by atoms with Crippen molar-refractivity contribution in [2.24, 2.45) is 0 Å². The molecule has 2 aromatic rings. The summed E-state index contributed by atoms with van der Waals surface area (Å²) in [5.41, 5.74) is -0.315. The van der Waals surface area contributed by atoms with E-state index in [1.54, 1.807) is 24.3 Å². The molecule has 3 rings (SSSR count). The topological polar surface area (TPSA) is 56.1 Å². The van der Waals surface area contributed by atoms with Gasteiger partial charge in [0.15, 0.2) is 5.11 Å². The Bertz CT molecular complexity index is 976. The highest BCUT2D eigenvalue weighted by Gasteiger charge is 2.40. The molecule has 1 amide bonds. The number of rotatable bonds is 2. The lowest BCUT2D eigenvalue weighted by atomic mass is 10.1. The highest BCUT2D eigenvalue weighted by Crippen LogP contribution is 2.37. The highest BCUT2D eigenvalue weighted by atomic mass is 32.1. The van der Waals surface area contributed by atoms with E-state index in [0.29, 0.717) is 11.1 Å². The van der Waals surface area contributed by atoms with Crippen molar-refractivity contribution in [3.8, 4) is 6.07 Å². The Balaban J connectivity index is 2.01. The SMILES string of the molecule is N#Cc1cccc(/C=C2\NC(=S)N(c3ccccc3C(F)(F)F)C2=O)c1. The zero-order chi connectivity index (χ0) is 18.9. The Kier molecular flexibility index (Phi) is 4.49. The lowest BCUT2D eigenvalue weighted by molar-refractivity contribution is -0.137. The second-order valence-corrected chi connectivity index (χ2v) is 5.77. The molecule has 0 radical (unpaired) electrons. The third kappa shape index (κ3) is 3.30. The second-order valence-electron chi connectivity index (χ2n) is 5.38. The largest absolute Gasteiger partial charge is 0.418 e. The van der Waals surface area contributed by atoms with Crippen molar-refractivity contribution in [2.75, 3.05) is 4.90 Å². The van der Waals surface area contributed by atoms with Crippen LogP contribution in [0.4, 0.5) is 18.9 Å². The van der Waals surface area contributed by atoms with Gasteiger partial charge in [0.25, 0.3) is 5.91 Å². The summed E-state index contributed by atoms with van der Waals surface area (Å²) in [6.45, 7) is 0. The van der Waals surface area contributed by atoms with Crippen molar-refractivity contribution < 1.29 is 18.0 Å². The molecule has 1 aliphatic heterocycles. The number of hydrogen-bond donors (Lipinski definition) is 1. The van der Waals surface area contributed by atoms with Crippen LogP contribution in [0, 0.1) is 11.3 Å². The van der Waals surface area contributed by atoms with E-state index < -0.39 is 17.6 Å². The fourth-order valence-corrected chi connectivity index (χ4v) is 2.82. The Hall–Kier alpha value is -3.18. The van der Waals surface area contributed by atoms with Gasteiger partial charge in [-0.25, -0.2) is 0 Å². The Morgan fingerprint density at radius 1 is 1.15 bits per heavy atom. The number of anilines is 1. The minimum atomic E-state index is -4.62. The van der Waals surface area contributed by atoms with Crippen LogP contribution in [0.5, 0.6) is 0 Å². The normalized spacial score (nSPS) is 15.9. The summed E-state index contributed by atoms with van der Waals surface area (Å²) >= 11 is 5.06. The number of nitriles is 1. The van der Waals surface area contributed by atoms with Crippen LogP contribution in [0.25, 0.3) is 6.08 Å². The standard InChI is InChI=1S/C18H10F3N3OS/c19-18(20,21)13-6-1-2-7-15(13)24-16(25)14(23-17(24)26)9-11-4-3-5-12(8-11)10-22/h1-9H,(H,23,26)/b14-9-. The van der Waals surface area contributed by atoms with Gasteiger partial charge in [-0.2, -0.15) is 18.4 Å². The number of para-hydroxylation sites is 1. The van der Waals surface area contributed by atoms with Crippen LogP contribution in [0.3, 0.4) is 0 Å². The summed E-state index contributed by atoms with van der Waals surface area (Å²) in [5, 5.41) is 11.4. The summed E-state index contributed by atoms with van der Waals surface area (Å²) < 4.78 is 39.7. The molecule has 26 heavy (non-hydrogen) atoms. The Labute approximate surface area is 152 Å². The summed E-state index contributed by atoms with van der Waals surface area (Å²) in [7, 11) is 0. The van der Waals surface area contributed by atoms with Crippen LogP contribution in [0.2, 0.25) is 0 Å². The second kappa shape index (κ2) is 6.61.